The van der Waals surface area contributed by atoms with E-state index in [2.05, 4.69) is 35.7 Å². The first-order valence-electron chi connectivity index (χ1n) is 7.13. The van der Waals surface area contributed by atoms with Crippen LogP contribution in [-0.2, 0) is 4.79 Å². The van der Waals surface area contributed by atoms with Crippen molar-refractivity contribution in [1.82, 2.24) is 0 Å². The molecule has 1 fully saturated rings. The average molecular weight is 274 g/mol. The van der Waals surface area contributed by atoms with Crippen LogP contribution < -0.4 is 0 Å². The van der Waals surface area contributed by atoms with Gasteiger partial charge in [-0.15, -0.1) is 10.5 Å². The molecule has 0 bridgehead atoms. The molecule has 3 aliphatic rings. The van der Waals surface area contributed by atoms with Crippen LogP contribution in [-0.4, -0.2) is 29.7 Å². The van der Waals surface area contributed by atoms with Crippen molar-refractivity contribution in [2.45, 2.75) is 37.9 Å². The highest BCUT2D eigenvalue weighted by atomic mass is 32.2. The van der Waals surface area contributed by atoms with E-state index in [1.807, 2.05) is 6.21 Å². The van der Waals surface area contributed by atoms with Crippen molar-refractivity contribution in [3.63, 3.8) is 0 Å². The molecule has 2 aliphatic heterocycles. The molecule has 0 amide bonds. The maximum absolute atomic E-state index is 11.5. The van der Waals surface area contributed by atoms with Crippen molar-refractivity contribution < 1.29 is 4.79 Å². The van der Waals surface area contributed by atoms with Crippen molar-refractivity contribution in [2.75, 3.05) is 6.54 Å². The predicted octanol–water partition coefficient (Wildman–Crippen LogP) is 3.27. The molecule has 3 heteroatoms. The highest BCUT2D eigenvalue weighted by Crippen LogP contribution is 2.45. The fraction of sp³-hybridized carbons (Fsp3) is 0.562. The lowest BCUT2D eigenvalue weighted by atomic mass is 9.81. The monoisotopic (exact) mass is 274 g/mol. The lowest BCUT2D eigenvalue weighted by Gasteiger charge is -2.31. The quantitative estimate of drug-likeness (QED) is 0.726. The van der Waals surface area contributed by atoms with Gasteiger partial charge >= 0.3 is 0 Å². The molecule has 2 nitrogen and oxygen atoms in total. The van der Waals surface area contributed by atoms with Crippen molar-refractivity contribution in [1.29, 1.82) is 0 Å². The van der Waals surface area contributed by atoms with Crippen LogP contribution in [0, 0.1) is 11.8 Å². The maximum atomic E-state index is 11.5. The zero-order valence-electron chi connectivity index (χ0n) is 11.3. The molecule has 3 rings (SSSR count). The van der Waals surface area contributed by atoms with Crippen LogP contribution in [0.25, 0.3) is 0 Å². The summed E-state index contributed by atoms with van der Waals surface area (Å²) >= 11 is 0. The normalized spacial score (nSPS) is 34.9. The number of carbonyl (C=O) groups excluding carboxylic acids is 1. The second kappa shape index (κ2) is 5.58. The van der Waals surface area contributed by atoms with Gasteiger partial charge in [0.05, 0.1) is 11.8 Å². The molecule has 0 spiro atoms. The van der Waals surface area contributed by atoms with E-state index in [0.29, 0.717) is 5.92 Å². The molecule has 2 atom stereocenters. The molecule has 2 unspecified atom stereocenters. The number of hydrogen-bond acceptors (Lipinski definition) is 2. The number of allylic oxidation sites excluding steroid dienone is 2. The second-order valence-corrected chi connectivity index (χ2v) is 7.74. The highest BCUT2D eigenvalue weighted by Gasteiger charge is 2.32. The fourth-order valence-corrected chi connectivity index (χ4v) is 5.56. The highest BCUT2D eigenvalue weighted by molar-refractivity contribution is 8.20. The molecule has 0 aromatic heterocycles. The van der Waals surface area contributed by atoms with Gasteiger partial charge in [0.2, 0.25) is 6.29 Å². The summed E-state index contributed by atoms with van der Waals surface area (Å²) in [7, 11) is -0.0618. The van der Waals surface area contributed by atoms with E-state index in [1.165, 1.54) is 36.2 Å². The Bertz CT molecular complexity index is 493. The predicted molar refractivity (Wildman–Crippen MR) is 83.8 cm³/mol. The van der Waals surface area contributed by atoms with Crippen LogP contribution in [0.1, 0.15) is 32.6 Å². The van der Waals surface area contributed by atoms with Crippen molar-refractivity contribution in [3.05, 3.63) is 22.6 Å². The summed E-state index contributed by atoms with van der Waals surface area (Å²) in [6, 6.07) is 0. The standard InChI is InChI=1S/C16H20NOS/c1-12-2-4-13(5-3-12)16(11-18)19-9-7-14-10-17-8-6-15(14)19/h6-9,12-13,16H,2-5,10H2,1H3. The van der Waals surface area contributed by atoms with Crippen LogP contribution in [0.3, 0.4) is 0 Å². The Morgan fingerprint density at radius 1 is 1.32 bits per heavy atom. The van der Waals surface area contributed by atoms with Gasteiger partial charge in [-0.2, -0.15) is 0 Å². The van der Waals surface area contributed by atoms with Gasteiger partial charge in [-0.25, -0.2) is 0 Å². The number of rotatable bonds is 3. The molecule has 2 heterocycles. The van der Waals surface area contributed by atoms with Crippen LogP contribution in [0.15, 0.2) is 27.6 Å². The van der Waals surface area contributed by atoms with Gasteiger partial charge in [0, 0.05) is 11.1 Å². The lowest BCUT2D eigenvalue weighted by molar-refractivity contribution is 0.298. The molecule has 1 aliphatic carbocycles. The van der Waals surface area contributed by atoms with Gasteiger partial charge in [0.25, 0.3) is 0 Å². The van der Waals surface area contributed by atoms with Gasteiger partial charge in [-0.3, -0.25) is 9.79 Å². The maximum Gasteiger partial charge on any atom is 0.212 e. The average Bonchev–Trinajstić information content (AvgIpc) is 2.86. The van der Waals surface area contributed by atoms with Crippen LogP contribution in [0.5, 0.6) is 0 Å². The lowest BCUT2D eigenvalue weighted by Crippen LogP contribution is -2.25. The molecule has 0 aromatic carbocycles. The Balaban J connectivity index is 1.78. The molecule has 1 saturated carbocycles. The largest absolute Gasteiger partial charge is 0.290 e. The summed E-state index contributed by atoms with van der Waals surface area (Å²) in [4.78, 5) is 17.1. The summed E-state index contributed by atoms with van der Waals surface area (Å²) in [6.07, 6.45) is 13.4. The fourth-order valence-electron chi connectivity index (χ4n) is 3.22. The molecule has 0 aromatic rings. The van der Waals surface area contributed by atoms with E-state index in [-0.39, 0.29) is 15.7 Å². The first-order valence-corrected chi connectivity index (χ1v) is 8.49. The molecule has 101 valence electrons. The second-order valence-electron chi connectivity index (χ2n) is 5.78. The summed E-state index contributed by atoms with van der Waals surface area (Å²) in [5, 5.41) is 2.29. The Labute approximate surface area is 117 Å². The summed E-state index contributed by atoms with van der Waals surface area (Å²) in [5.41, 5.74) is 1.30. The third-order valence-electron chi connectivity index (χ3n) is 4.46. The molecular weight excluding hydrogens is 254 g/mol. The van der Waals surface area contributed by atoms with Crippen molar-refractivity contribution in [2.24, 2.45) is 16.8 Å². The Morgan fingerprint density at radius 2 is 2.11 bits per heavy atom. The molecular formula is C16H20NOS. The topological polar surface area (TPSA) is 29.4 Å². The minimum atomic E-state index is -0.0618. The van der Waals surface area contributed by atoms with Gasteiger partial charge in [0.15, 0.2) is 0 Å². The van der Waals surface area contributed by atoms with Crippen LogP contribution in [0.4, 0.5) is 0 Å². The zero-order valence-corrected chi connectivity index (χ0v) is 12.2. The van der Waals surface area contributed by atoms with Gasteiger partial charge in [0.1, 0.15) is 0 Å². The smallest absolute Gasteiger partial charge is 0.212 e. The van der Waals surface area contributed by atoms with E-state index >= 15 is 0 Å². The summed E-state index contributed by atoms with van der Waals surface area (Å²) in [5.74, 6) is 1.36. The molecule has 0 saturated heterocycles. The van der Waals surface area contributed by atoms with Gasteiger partial charge in [-0.05, 0) is 41.7 Å². The first kappa shape index (κ1) is 13.0. The third kappa shape index (κ3) is 2.53. The van der Waals surface area contributed by atoms with Crippen LogP contribution in [0.2, 0.25) is 0 Å². The molecule has 0 N–H and O–H groups in total. The first-order chi connectivity index (χ1) is 9.29. The Morgan fingerprint density at radius 3 is 2.84 bits per heavy atom. The number of aliphatic imine (C=N–C) groups is 1. The number of hydrogen-bond donors (Lipinski definition) is 0. The Hall–Kier alpha value is -0.960. The third-order valence-corrected chi connectivity index (χ3v) is 6.82. The number of dihydropyridines is 1. The van der Waals surface area contributed by atoms with E-state index in [1.54, 1.807) is 0 Å². The number of nitrogens with zero attached hydrogens (tertiary/aromatic N) is 1. The van der Waals surface area contributed by atoms with Crippen LogP contribution >= 0.6 is 10.5 Å². The van der Waals surface area contributed by atoms with Gasteiger partial charge < -0.3 is 0 Å². The van der Waals surface area contributed by atoms with Crippen molar-refractivity contribution in [3.8, 4) is 0 Å². The van der Waals surface area contributed by atoms with Crippen molar-refractivity contribution >= 4 is 28.4 Å². The Kier molecular flexibility index (Phi) is 3.83. The summed E-state index contributed by atoms with van der Waals surface area (Å²) in [6.45, 7) is 3.10. The minimum Gasteiger partial charge on any atom is -0.290 e. The molecule has 19 heavy (non-hydrogen) atoms. The molecule has 1 radical (unpaired) electrons. The summed E-state index contributed by atoms with van der Waals surface area (Å²) < 4.78 is 0. The number of fused-ring (bicyclic) bond motifs is 1. The zero-order chi connectivity index (χ0) is 13.2. The van der Waals surface area contributed by atoms with E-state index < -0.39 is 0 Å². The SMILES string of the molecule is CC1CCC(C([C]=O)S2=CC=C3CN=CC=C32)CC1. The van der Waals surface area contributed by atoms with Gasteiger partial charge in [-0.1, -0.05) is 25.8 Å². The van der Waals surface area contributed by atoms with E-state index in [4.69, 9.17) is 0 Å². The van der Waals surface area contributed by atoms with E-state index in [0.717, 1.165) is 12.5 Å². The minimum absolute atomic E-state index is 0.0618. The van der Waals surface area contributed by atoms with E-state index in [9.17, 15) is 4.79 Å².